The first kappa shape index (κ1) is 22.7. The molecule has 1 amide bonds. The Morgan fingerprint density at radius 2 is 1.45 bits per heavy atom. The molecule has 0 saturated carbocycles. The summed E-state index contributed by atoms with van der Waals surface area (Å²) >= 11 is 0. The third-order valence-corrected chi connectivity index (χ3v) is 5.72. The van der Waals surface area contributed by atoms with Crippen molar-refractivity contribution in [2.24, 2.45) is 0 Å². The molecular formula is C27H31N3O3. The molecule has 3 aromatic carbocycles. The van der Waals surface area contributed by atoms with Crippen LogP contribution in [0.2, 0.25) is 0 Å². The van der Waals surface area contributed by atoms with E-state index in [1.165, 1.54) is 0 Å². The highest BCUT2D eigenvalue weighted by Gasteiger charge is 2.17. The summed E-state index contributed by atoms with van der Waals surface area (Å²) in [6, 6.07) is 25.5. The molecule has 3 aromatic rings. The summed E-state index contributed by atoms with van der Waals surface area (Å²) < 4.78 is 11.5. The number of anilines is 2. The molecule has 1 fully saturated rings. The molecule has 0 spiro atoms. The van der Waals surface area contributed by atoms with Crippen molar-refractivity contribution in [3.8, 4) is 11.5 Å². The normalized spacial score (nSPS) is 14.5. The predicted molar refractivity (Wildman–Crippen MR) is 132 cm³/mol. The van der Waals surface area contributed by atoms with E-state index in [-0.39, 0.29) is 12.5 Å². The number of amides is 1. The monoisotopic (exact) mass is 445 g/mol. The molecule has 1 aliphatic heterocycles. The molecule has 6 heteroatoms. The van der Waals surface area contributed by atoms with Crippen LogP contribution in [-0.4, -0.2) is 43.6 Å². The van der Waals surface area contributed by atoms with E-state index in [0.29, 0.717) is 18.4 Å². The van der Waals surface area contributed by atoms with Crippen LogP contribution in [0.15, 0.2) is 78.9 Å². The lowest BCUT2D eigenvalue weighted by Gasteiger charge is -2.30. The van der Waals surface area contributed by atoms with E-state index in [2.05, 4.69) is 22.6 Å². The molecule has 2 N–H and O–H groups in total. The van der Waals surface area contributed by atoms with Crippen LogP contribution in [0.5, 0.6) is 11.5 Å². The van der Waals surface area contributed by atoms with Gasteiger partial charge in [0.1, 0.15) is 18.1 Å². The third kappa shape index (κ3) is 6.99. The van der Waals surface area contributed by atoms with Gasteiger partial charge in [0.25, 0.3) is 5.91 Å². The second-order valence-corrected chi connectivity index (χ2v) is 8.35. The number of carbonyl (C=O) groups is 1. The second kappa shape index (κ2) is 11.4. The minimum Gasteiger partial charge on any atom is -0.489 e. The van der Waals surface area contributed by atoms with Gasteiger partial charge < -0.3 is 25.0 Å². The molecule has 172 valence electrons. The number of para-hydroxylation sites is 2. The van der Waals surface area contributed by atoms with Gasteiger partial charge in [-0.05, 0) is 74.9 Å². The molecule has 6 nitrogen and oxygen atoms in total. The SMILES string of the molecule is CN1CCC(Nc2ccccc2NC(=O)COc2ccc(OCc3ccccc3)cc2)CC1. The van der Waals surface area contributed by atoms with Gasteiger partial charge in [0.2, 0.25) is 0 Å². The molecule has 0 radical (unpaired) electrons. The molecule has 33 heavy (non-hydrogen) atoms. The number of nitrogens with zero attached hydrogens (tertiary/aromatic N) is 1. The first-order chi connectivity index (χ1) is 16.2. The van der Waals surface area contributed by atoms with Crippen LogP contribution in [0.4, 0.5) is 11.4 Å². The van der Waals surface area contributed by atoms with E-state index >= 15 is 0 Å². The van der Waals surface area contributed by atoms with Crippen molar-refractivity contribution in [3.05, 3.63) is 84.4 Å². The highest BCUT2D eigenvalue weighted by molar-refractivity contribution is 5.95. The third-order valence-electron chi connectivity index (χ3n) is 5.72. The number of carbonyl (C=O) groups excluding carboxylic acids is 1. The standard InChI is InChI=1S/C27H31N3O3/c1-30-17-15-22(16-18-30)28-25-9-5-6-10-26(25)29-27(31)20-33-24-13-11-23(12-14-24)32-19-21-7-3-2-4-8-21/h2-14,22,28H,15-20H2,1H3,(H,29,31). The predicted octanol–water partition coefficient (Wildman–Crippen LogP) is 4.79. The van der Waals surface area contributed by atoms with Crippen LogP contribution in [0, 0.1) is 0 Å². The Morgan fingerprint density at radius 1 is 0.848 bits per heavy atom. The number of ether oxygens (including phenoxy) is 2. The van der Waals surface area contributed by atoms with Gasteiger partial charge in [-0.3, -0.25) is 4.79 Å². The summed E-state index contributed by atoms with van der Waals surface area (Å²) in [6.45, 7) is 2.60. The van der Waals surface area contributed by atoms with E-state index in [1.54, 1.807) is 0 Å². The minimum atomic E-state index is -0.197. The maximum absolute atomic E-state index is 12.5. The van der Waals surface area contributed by atoms with Crippen LogP contribution in [-0.2, 0) is 11.4 Å². The lowest BCUT2D eigenvalue weighted by molar-refractivity contribution is -0.118. The minimum absolute atomic E-state index is 0.0627. The molecular weight excluding hydrogens is 414 g/mol. The number of piperidine rings is 1. The van der Waals surface area contributed by atoms with Gasteiger partial charge in [-0.15, -0.1) is 0 Å². The highest BCUT2D eigenvalue weighted by Crippen LogP contribution is 2.24. The lowest BCUT2D eigenvalue weighted by atomic mass is 10.0. The van der Waals surface area contributed by atoms with Crippen molar-refractivity contribution in [2.45, 2.75) is 25.5 Å². The fourth-order valence-electron chi connectivity index (χ4n) is 3.80. The second-order valence-electron chi connectivity index (χ2n) is 8.35. The number of rotatable bonds is 9. The van der Waals surface area contributed by atoms with Gasteiger partial charge >= 0.3 is 0 Å². The maximum Gasteiger partial charge on any atom is 0.262 e. The smallest absolute Gasteiger partial charge is 0.262 e. The first-order valence-corrected chi connectivity index (χ1v) is 11.4. The van der Waals surface area contributed by atoms with Gasteiger partial charge in [-0.1, -0.05) is 42.5 Å². The highest BCUT2D eigenvalue weighted by atomic mass is 16.5. The summed E-state index contributed by atoms with van der Waals surface area (Å²) in [5, 5.41) is 6.55. The van der Waals surface area contributed by atoms with Gasteiger partial charge in [0.15, 0.2) is 6.61 Å². The number of hydrogen-bond acceptors (Lipinski definition) is 5. The Bertz CT molecular complexity index is 1020. The van der Waals surface area contributed by atoms with Crippen molar-refractivity contribution in [1.29, 1.82) is 0 Å². The van der Waals surface area contributed by atoms with Crippen molar-refractivity contribution in [2.75, 3.05) is 37.4 Å². The maximum atomic E-state index is 12.5. The fourth-order valence-corrected chi connectivity index (χ4v) is 3.80. The zero-order chi connectivity index (χ0) is 22.9. The molecule has 0 unspecified atom stereocenters. The molecule has 4 rings (SSSR count). The van der Waals surface area contributed by atoms with E-state index in [9.17, 15) is 4.79 Å². The van der Waals surface area contributed by atoms with E-state index in [4.69, 9.17) is 9.47 Å². The first-order valence-electron chi connectivity index (χ1n) is 11.4. The Kier molecular flexibility index (Phi) is 7.82. The van der Waals surface area contributed by atoms with Crippen molar-refractivity contribution < 1.29 is 14.3 Å². The number of hydrogen-bond donors (Lipinski definition) is 2. The molecule has 0 atom stereocenters. The summed E-state index contributed by atoms with van der Waals surface area (Å²) in [5.41, 5.74) is 2.83. The lowest BCUT2D eigenvalue weighted by Crippen LogP contribution is -2.36. The average Bonchev–Trinajstić information content (AvgIpc) is 2.85. The Hall–Kier alpha value is -3.51. The van der Waals surface area contributed by atoms with Gasteiger partial charge in [0.05, 0.1) is 11.4 Å². The van der Waals surface area contributed by atoms with Crippen LogP contribution in [0.3, 0.4) is 0 Å². The molecule has 0 aliphatic carbocycles. The molecule has 1 heterocycles. The van der Waals surface area contributed by atoms with Crippen molar-refractivity contribution in [3.63, 3.8) is 0 Å². The zero-order valence-electron chi connectivity index (χ0n) is 19.0. The average molecular weight is 446 g/mol. The van der Waals surface area contributed by atoms with Crippen LogP contribution < -0.4 is 20.1 Å². The van der Waals surface area contributed by atoms with Gasteiger partial charge in [0, 0.05) is 6.04 Å². The Labute approximate surface area is 195 Å². The van der Waals surface area contributed by atoms with E-state index in [1.807, 2.05) is 78.9 Å². The fraction of sp³-hybridized carbons (Fsp3) is 0.296. The zero-order valence-corrected chi connectivity index (χ0v) is 19.0. The van der Waals surface area contributed by atoms with Crippen LogP contribution in [0.1, 0.15) is 18.4 Å². The van der Waals surface area contributed by atoms with Crippen LogP contribution >= 0.6 is 0 Å². The van der Waals surface area contributed by atoms with Gasteiger partial charge in [-0.25, -0.2) is 0 Å². The number of likely N-dealkylation sites (tertiary alicyclic amines) is 1. The van der Waals surface area contributed by atoms with Gasteiger partial charge in [-0.2, -0.15) is 0 Å². The summed E-state index contributed by atoms with van der Waals surface area (Å²) in [6.07, 6.45) is 2.18. The summed E-state index contributed by atoms with van der Waals surface area (Å²) in [4.78, 5) is 14.8. The summed E-state index contributed by atoms with van der Waals surface area (Å²) in [7, 11) is 2.15. The van der Waals surface area contributed by atoms with E-state index < -0.39 is 0 Å². The molecule has 0 bridgehead atoms. The molecule has 1 aliphatic rings. The topological polar surface area (TPSA) is 62.8 Å². The Morgan fingerprint density at radius 3 is 2.15 bits per heavy atom. The summed E-state index contributed by atoms with van der Waals surface area (Å²) in [5.74, 6) is 1.18. The van der Waals surface area contributed by atoms with E-state index in [0.717, 1.165) is 48.6 Å². The van der Waals surface area contributed by atoms with Crippen LogP contribution in [0.25, 0.3) is 0 Å². The molecule has 1 saturated heterocycles. The van der Waals surface area contributed by atoms with Crippen molar-refractivity contribution in [1.82, 2.24) is 4.90 Å². The largest absolute Gasteiger partial charge is 0.489 e. The number of benzene rings is 3. The van der Waals surface area contributed by atoms with Crippen molar-refractivity contribution >= 4 is 17.3 Å². The Balaban J connectivity index is 1.25. The quantitative estimate of drug-likeness (QED) is 0.496. The number of nitrogens with one attached hydrogen (secondary N) is 2. The molecule has 0 aromatic heterocycles.